The molecule has 13 heteroatoms. The number of hydrogen-bond acceptors (Lipinski definition) is 8. The molecule has 1 saturated carbocycles. The van der Waals surface area contributed by atoms with E-state index >= 15 is 0 Å². The van der Waals surface area contributed by atoms with Crippen LogP contribution in [0.3, 0.4) is 0 Å². The molecule has 3 N–H and O–H groups in total. The number of H-pyrrole nitrogens is 1. The molecule has 6 atom stereocenters. The van der Waals surface area contributed by atoms with Gasteiger partial charge in [0.25, 0.3) is 0 Å². The van der Waals surface area contributed by atoms with Crippen LogP contribution >= 0.6 is 0 Å². The smallest absolute Gasteiger partial charge is 0.407 e. The van der Waals surface area contributed by atoms with E-state index in [1.165, 1.54) is 54.9 Å². The van der Waals surface area contributed by atoms with E-state index in [4.69, 9.17) is 14.5 Å². The molecule has 3 aliphatic heterocycles. The van der Waals surface area contributed by atoms with E-state index in [0.29, 0.717) is 42.9 Å². The zero-order chi connectivity index (χ0) is 41.5. The van der Waals surface area contributed by atoms with E-state index in [1.807, 2.05) is 37.5 Å². The number of hydrogen-bond donors (Lipinski definition) is 3. The molecule has 5 aliphatic rings. The van der Waals surface area contributed by atoms with Gasteiger partial charge in [-0.3, -0.25) is 14.6 Å². The normalized spacial score (nSPS) is 22.4. The number of nitrogens with one attached hydrogen (secondary N) is 3. The van der Waals surface area contributed by atoms with Gasteiger partial charge in [0.15, 0.2) is 0 Å². The molecule has 2 saturated heterocycles. The molecule has 13 nitrogen and oxygen atoms in total. The van der Waals surface area contributed by atoms with Gasteiger partial charge in [0.2, 0.25) is 11.8 Å². The predicted molar refractivity (Wildman–Crippen MR) is 223 cm³/mol. The molecular weight excluding hydrogens is 747 g/mol. The van der Waals surface area contributed by atoms with Crippen molar-refractivity contribution in [2.24, 2.45) is 22.7 Å². The van der Waals surface area contributed by atoms with E-state index in [0.717, 1.165) is 49.1 Å². The number of alkyl carbamates (subject to hydrolysis) is 2. The maximum Gasteiger partial charge on any atom is 0.407 e. The summed E-state index contributed by atoms with van der Waals surface area (Å²) in [4.78, 5) is 68.3. The van der Waals surface area contributed by atoms with E-state index in [2.05, 4.69) is 62.8 Å². The Bertz CT molecular complexity index is 2250. The molecule has 3 aromatic rings. The lowest BCUT2D eigenvalue weighted by Crippen LogP contribution is -2.53. The zero-order valence-electron chi connectivity index (χ0n) is 34.9. The van der Waals surface area contributed by atoms with Crippen LogP contribution in [0.5, 0.6) is 0 Å². The second kappa shape index (κ2) is 16.5. The van der Waals surface area contributed by atoms with Crippen LogP contribution in [-0.2, 0) is 31.9 Å². The minimum atomic E-state index is -0.692. The lowest BCUT2D eigenvalue weighted by molar-refractivity contribution is -0.135. The number of methoxy groups -OCH3 is 2. The molecule has 310 valence electrons. The molecule has 0 bridgehead atoms. The number of imidazole rings is 1. The SMILES string of the molecule is COC(=O)N[C@H](C(=O)N1CCC[C@H]1C1=Nc2ccc(-c3ccc(C#Cc4cnc([C@@H]5CCCN5C(=O)[C@H](NC(=O)OC)C(C)C)[nH]4)c4c3CC3CCC43)cc2C1)C(C)C. The minimum absolute atomic E-state index is 0.0877. The van der Waals surface area contributed by atoms with Gasteiger partial charge in [0.05, 0.1) is 38.2 Å². The highest BCUT2D eigenvalue weighted by Crippen LogP contribution is 2.54. The highest BCUT2D eigenvalue weighted by atomic mass is 16.5. The minimum Gasteiger partial charge on any atom is -0.453 e. The average molecular weight is 802 g/mol. The van der Waals surface area contributed by atoms with Gasteiger partial charge in [0, 0.05) is 30.8 Å². The van der Waals surface area contributed by atoms with Crippen LogP contribution in [0.25, 0.3) is 11.1 Å². The topological polar surface area (TPSA) is 158 Å². The maximum atomic E-state index is 13.8. The Morgan fingerprint density at radius 1 is 0.831 bits per heavy atom. The number of aromatic amines is 1. The first kappa shape index (κ1) is 40.2. The van der Waals surface area contributed by atoms with Crippen molar-refractivity contribution < 1.29 is 28.7 Å². The Labute approximate surface area is 346 Å². The number of nitrogens with zero attached hydrogens (tertiary/aromatic N) is 4. The fraction of sp³-hybridized carbons (Fsp3) is 0.522. The molecule has 2 aromatic carbocycles. The highest BCUT2D eigenvalue weighted by molar-refractivity contribution is 6.01. The summed E-state index contributed by atoms with van der Waals surface area (Å²) in [5.41, 5.74) is 10.1. The first-order valence-corrected chi connectivity index (χ1v) is 21.2. The third kappa shape index (κ3) is 7.70. The van der Waals surface area contributed by atoms with Gasteiger partial charge in [-0.25, -0.2) is 14.6 Å². The quantitative estimate of drug-likeness (QED) is 0.207. The predicted octanol–water partition coefficient (Wildman–Crippen LogP) is 6.57. The molecule has 0 radical (unpaired) electrons. The van der Waals surface area contributed by atoms with Crippen LogP contribution in [0.2, 0.25) is 0 Å². The summed E-state index contributed by atoms with van der Waals surface area (Å²) in [5, 5.41) is 5.45. The van der Waals surface area contributed by atoms with Crippen molar-refractivity contribution >= 4 is 35.4 Å². The fourth-order valence-corrected chi connectivity index (χ4v) is 9.88. The Kier molecular flexibility index (Phi) is 11.3. The van der Waals surface area contributed by atoms with Crippen LogP contribution < -0.4 is 10.6 Å². The molecule has 3 fully saturated rings. The molecule has 59 heavy (non-hydrogen) atoms. The largest absolute Gasteiger partial charge is 0.453 e. The van der Waals surface area contributed by atoms with Gasteiger partial charge < -0.3 is 34.9 Å². The summed E-state index contributed by atoms with van der Waals surface area (Å²) in [6, 6.07) is 9.28. The Morgan fingerprint density at radius 2 is 1.49 bits per heavy atom. The van der Waals surface area contributed by atoms with Gasteiger partial charge in [-0.15, -0.1) is 0 Å². The summed E-state index contributed by atoms with van der Waals surface area (Å²) < 4.78 is 9.59. The number of ether oxygens (including phenoxy) is 2. The number of rotatable bonds is 9. The van der Waals surface area contributed by atoms with Crippen molar-refractivity contribution in [1.82, 2.24) is 30.4 Å². The second-order valence-electron chi connectivity index (χ2n) is 17.4. The van der Waals surface area contributed by atoms with E-state index < -0.39 is 24.3 Å². The Balaban J connectivity index is 0.995. The molecular formula is C46H55N7O6. The molecule has 1 aromatic heterocycles. The summed E-state index contributed by atoms with van der Waals surface area (Å²) in [5.74, 6) is 8.28. The zero-order valence-corrected chi connectivity index (χ0v) is 34.9. The number of likely N-dealkylation sites (tertiary alicyclic amines) is 2. The number of amides is 4. The fourth-order valence-electron chi connectivity index (χ4n) is 9.88. The van der Waals surface area contributed by atoms with Crippen LogP contribution in [0.1, 0.15) is 112 Å². The Morgan fingerprint density at radius 3 is 2.12 bits per heavy atom. The first-order chi connectivity index (χ1) is 28.4. The van der Waals surface area contributed by atoms with Gasteiger partial charge in [-0.2, -0.15) is 0 Å². The van der Waals surface area contributed by atoms with Gasteiger partial charge in [-0.1, -0.05) is 45.7 Å². The van der Waals surface area contributed by atoms with Crippen LogP contribution in [0.15, 0.2) is 41.5 Å². The van der Waals surface area contributed by atoms with Crippen molar-refractivity contribution in [2.45, 2.75) is 109 Å². The molecule has 2 unspecified atom stereocenters. The first-order valence-electron chi connectivity index (χ1n) is 21.2. The molecule has 4 amide bonds. The van der Waals surface area contributed by atoms with Crippen LogP contribution in [0, 0.1) is 29.6 Å². The van der Waals surface area contributed by atoms with Crippen LogP contribution in [0.4, 0.5) is 15.3 Å². The number of fused-ring (bicyclic) bond motifs is 4. The maximum absolute atomic E-state index is 13.8. The van der Waals surface area contributed by atoms with Crippen molar-refractivity contribution in [2.75, 3.05) is 27.3 Å². The monoisotopic (exact) mass is 801 g/mol. The standard InChI is InChI=1S/C46H55N7O6/c1-25(2)40(50-45(56)58-5)43(54)52-19-7-9-37(52)36-23-30-21-28(14-18-35(30)49-36)32-16-12-27(39-33-17-13-29(33)22-34(32)39)11-15-31-24-47-42(48-31)38-10-8-20-53(38)44(55)41(26(3)4)51-46(57)59-6/h12,14,16,18,21,24-26,29,33,37-38,40-41H,7-10,13,17,19-20,22-23H2,1-6H3,(H,47,48)(H,50,56)(H,51,57)/t29?,33?,37-,38-,40-,41+/m0/s1. The molecule has 0 spiro atoms. The molecule has 4 heterocycles. The summed E-state index contributed by atoms with van der Waals surface area (Å²) in [6.07, 6.45) is 8.01. The van der Waals surface area contributed by atoms with E-state index in [1.54, 1.807) is 6.20 Å². The van der Waals surface area contributed by atoms with Gasteiger partial charge in [0.1, 0.15) is 23.6 Å². The Hall–Kier alpha value is -5.64. The number of carbonyl (C=O) groups is 4. The third-order valence-electron chi connectivity index (χ3n) is 13.1. The lowest BCUT2D eigenvalue weighted by atomic mass is 9.73. The van der Waals surface area contributed by atoms with Gasteiger partial charge in [-0.05, 0) is 121 Å². The number of aromatic nitrogens is 2. The van der Waals surface area contributed by atoms with Gasteiger partial charge >= 0.3 is 12.2 Å². The number of carbonyl (C=O) groups excluding carboxylic acids is 4. The number of aliphatic imine (C=N–C) groups is 1. The van der Waals surface area contributed by atoms with Crippen molar-refractivity contribution in [3.8, 4) is 23.0 Å². The van der Waals surface area contributed by atoms with Crippen molar-refractivity contribution in [1.29, 1.82) is 0 Å². The summed E-state index contributed by atoms with van der Waals surface area (Å²) in [6.45, 7) is 8.90. The molecule has 2 aliphatic carbocycles. The van der Waals surface area contributed by atoms with E-state index in [9.17, 15) is 19.2 Å². The van der Waals surface area contributed by atoms with E-state index in [-0.39, 0.29) is 35.7 Å². The average Bonchev–Trinajstić information content (AvgIpc) is 4.07. The summed E-state index contributed by atoms with van der Waals surface area (Å²) in [7, 11) is 2.60. The second-order valence-corrected chi connectivity index (χ2v) is 17.4. The third-order valence-corrected chi connectivity index (χ3v) is 13.1. The van der Waals surface area contributed by atoms with Crippen molar-refractivity contribution in [3.05, 3.63) is 70.3 Å². The summed E-state index contributed by atoms with van der Waals surface area (Å²) >= 11 is 0. The molecule has 8 rings (SSSR count). The number of benzene rings is 2. The lowest BCUT2D eigenvalue weighted by Gasteiger charge is -2.31. The van der Waals surface area contributed by atoms with Crippen molar-refractivity contribution in [3.63, 3.8) is 0 Å². The highest BCUT2D eigenvalue weighted by Gasteiger charge is 2.43. The van der Waals surface area contributed by atoms with Crippen LogP contribution in [-0.4, -0.2) is 94.9 Å².